The van der Waals surface area contributed by atoms with Crippen molar-refractivity contribution in [3.8, 4) is 0 Å². The Morgan fingerprint density at radius 2 is 2.14 bits per heavy atom. The zero-order chi connectivity index (χ0) is 10.6. The van der Waals surface area contributed by atoms with Gasteiger partial charge in [-0.1, -0.05) is 19.8 Å². The summed E-state index contributed by atoms with van der Waals surface area (Å²) in [4.78, 5) is 5.78. The second-order valence-corrected chi connectivity index (χ2v) is 5.05. The van der Waals surface area contributed by atoms with Gasteiger partial charge in [0.2, 0.25) is 0 Å². The lowest BCUT2D eigenvalue weighted by molar-refractivity contribution is 0.644. The average molecular weight is 212 g/mol. The number of thiazole rings is 1. The second kappa shape index (κ2) is 5.35. The van der Waals surface area contributed by atoms with Crippen LogP contribution in [0.4, 0.5) is 5.13 Å². The van der Waals surface area contributed by atoms with Gasteiger partial charge in [0.05, 0.1) is 5.69 Å². The molecule has 2 nitrogen and oxygen atoms in total. The van der Waals surface area contributed by atoms with Crippen molar-refractivity contribution < 1.29 is 0 Å². The third-order valence-electron chi connectivity index (χ3n) is 2.39. The summed E-state index contributed by atoms with van der Waals surface area (Å²) in [6.45, 7) is 8.63. The molecule has 0 aliphatic carbocycles. The molecule has 1 rings (SSSR count). The number of nitrogens with one attached hydrogen (secondary N) is 1. The van der Waals surface area contributed by atoms with E-state index in [2.05, 4.69) is 38.0 Å². The fraction of sp³-hybridized carbons (Fsp3) is 0.727. The number of unbranched alkanes of at least 4 members (excludes halogenated alkanes) is 1. The van der Waals surface area contributed by atoms with Gasteiger partial charge in [-0.3, -0.25) is 0 Å². The van der Waals surface area contributed by atoms with E-state index in [1.165, 1.54) is 24.1 Å². The van der Waals surface area contributed by atoms with Crippen LogP contribution in [0.25, 0.3) is 0 Å². The fourth-order valence-corrected chi connectivity index (χ4v) is 2.25. The molecule has 14 heavy (non-hydrogen) atoms. The summed E-state index contributed by atoms with van der Waals surface area (Å²) < 4.78 is 0. The molecule has 1 heterocycles. The Morgan fingerprint density at radius 1 is 1.43 bits per heavy atom. The predicted octanol–water partition coefficient (Wildman–Crippen LogP) is 3.75. The van der Waals surface area contributed by atoms with Gasteiger partial charge >= 0.3 is 0 Å². The van der Waals surface area contributed by atoms with E-state index in [1.807, 2.05) is 0 Å². The Balaban J connectivity index is 2.43. The topological polar surface area (TPSA) is 24.9 Å². The van der Waals surface area contributed by atoms with Gasteiger partial charge in [-0.05, 0) is 27.2 Å². The normalized spacial score (nSPS) is 12.9. The van der Waals surface area contributed by atoms with Crippen molar-refractivity contribution in [2.24, 2.45) is 0 Å². The first kappa shape index (κ1) is 11.5. The van der Waals surface area contributed by atoms with Crippen molar-refractivity contribution in [3.63, 3.8) is 0 Å². The van der Waals surface area contributed by atoms with Crippen LogP contribution in [0.1, 0.15) is 43.7 Å². The van der Waals surface area contributed by atoms with Crippen LogP contribution in [0, 0.1) is 13.8 Å². The molecule has 80 valence electrons. The standard InChI is InChI=1S/C11H20N2S/c1-5-6-7-8(2)12-11-13-9(3)10(4)14-11/h8H,5-7H2,1-4H3,(H,12,13). The molecular formula is C11H20N2S. The molecule has 0 saturated carbocycles. The minimum absolute atomic E-state index is 0.542. The van der Waals surface area contributed by atoms with E-state index in [9.17, 15) is 0 Å². The smallest absolute Gasteiger partial charge is 0.183 e. The molecular weight excluding hydrogens is 192 g/mol. The number of hydrogen-bond acceptors (Lipinski definition) is 3. The van der Waals surface area contributed by atoms with Crippen LogP contribution < -0.4 is 5.32 Å². The third-order valence-corrected chi connectivity index (χ3v) is 3.39. The first-order valence-corrected chi connectivity index (χ1v) is 6.15. The van der Waals surface area contributed by atoms with Gasteiger partial charge in [0.25, 0.3) is 0 Å². The van der Waals surface area contributed by atoms with Crippen molar-refractivity contribution in [2.75, 3.05) is 5.32 Å². The molecule has 1 unspecified atom stereocenters. The number of hydrogen-bond donors (Lipinski definition) is 1. The first-order chi connectivity index (χ1) is 6.63. The first-order valence-electron chi connectivity index (χ1n) is 5.34. The van der Waals surface area contributed by atoms with Crippen LogP contribution in [-0.2, 0) is 0 Å². The lowest BCUT2D eigenvalue weighted by atomic mass is 10.1. The lowest BCUT2D eigenvalue weighted by Crippen LogP contribution is -2.14. The molecule has 0 fully saturated rings. The van der Waals surface area contributed by atoms with Gasteiger partial charge in [0.1, 0.15) is 0 Å². The maximum atomic E-state index is 4.47. The molecule has 0 bridgehead atoms. The zero-order valence-electron chi connectivity index (χ0n) is 9.55. The predicted molar refractivity (Wildman–Crippen MR) is 64.2 cm³/mol. The molecule has 1 aromatic heterocycles. The number of aromatic nitrogens is 1. The van der Waals surface area contributed by atoms with Crippen LogP contribution in [0.5, 0.6) is 0 Å². The summed E-state index contributed by atoms with van der Waals surface area (Å²) in [7, 11) is 0. The molecule has 1 N–H and O–H groups in total. The van der Waals surface area contributed by atoms with Gasteiger partial charge < -0.3 is 5.32 Å². The van der Waals surface area contributed by atoms with E-state index in [0.29, 0.717) is 6.04 Å². The Kier molecular flexibility index (Phi) is 4.39. The van der Waals surface area contributed by atoms with Crippen LogP contribution >= 0.6 is 11.3 Å². The van der Waals surface area contributed by atoms with Crippen molar-refractivity contribution in [3.05, 3.63) is 10.6 Å². The third kappa shape index (κ3) is 3.29. The summed E-state index contributed by atoms with van der Waals surface area (Å²) in [5, 5.41) is 4.52. The quantitative estimate of drug-likeness (QED) is 0.804. The summed E-state index contributed by atoms with van der Waals surface area (Å²) in [6.07, 6.45) is 3.79. The van der Waals surface area contributed by atoms with Crippen LogP contribution in [-0.4, -0.2) is 11.0 Å². The van der Waals surface area contributed by atoms with Crippen LogP contribution in [0.15, 0.2) is 0 Å². The van der Waals surface area contributed by atoms with Gasteiger partial charge in [0, 0.05) is 10.9 Å². The number of anilines is 1. The van der Waals surface area contributed by atoms with E-state index in [0.717, 1.165) is 10.8 Å². The fourth-order valence-electron chi connectivity index (χ4n) is 1.33. The van der Waals surface area contributed by atoms with Crippen LogP contribution in [0.2, 0.25) is 0 Å². The number of aryl methyl sites for hydroxylation is 2. The highest BCUT2D eigenvalue weighted by Gasteiger charge is 2.06. The summed E-state index contributed by atoms with van der Waals surface area (Å²) in [5.74, 6) is 0. The highest BCUT2D eigenvalue weighted by molar-refractivity contribution is 7.15. The van der Waals surface area contributed by atoms with E-state index < -0.39 is 0 Å². The van der Waals surface area contributed by atoms with E-state index in [4.69, 9.17) is 0 Å². The highest BCUT2D eigenvalue weighted by atomic mass is 32.1. The van der Waals surface area contributed by atoms with Gasteiger partial charge in [0.15, 0.2) is 5.13 Å². The molecule has 0 amide bonds. The summed E-state index contributed by atoms with van der Waals surface area (Å²) >= 11 is 1.75. The van der Waals surface area contributed by atoms with E-state index in [1.54, 1.807) is 11.3 Å². The summed E-state index contributed by atoms with van der Waals surface area (Å²) in [6, 6.07) is 0.542. The Hall–Kier alpha value is -0.570. The molecule has 0 spiro atoms. The zero-order valence-corrected chi connectivity index (χ0v) is 10.4. The highest BCUT2D eigenvalue weighted by Crippen LogP contribution is 2.22. The molecule has 0 aromatic carbocycles. The van der Waals surface area contributed by atoms with Crippen molar-refractivity contribution >= 4 is 16.5 Å². The molecule has 0 saturated heterocycles. The number of nitrogens with zero attached hydrogens (tertiary/aromatic N) is 1. The lowest BCUT2D eigenvalue weighted by Gasteiger charge is -2.11. The Morgan fingerprint density at radius 3 is 2.64 bits per heavy atom. The van der Waals surface area contributed by atoms with Gasteiger partial charge in [-0.15, -0.1) is 11.3 Å². The maximum absolute atomic E-state index is 4.47. The monoisotopic (exact) mass is 212 g/mol. The van der Waals surface area contributed by atoms with Crippen molar-refractivity contribution in [1.82, 2.24) is 4.98 Å². The Labute approximate surface area is 90.8 Å². The average Bonchev–Trinajstić information content (AvgIpc) is 2.42. The SMILES string of the molecule is CCCCC(C)Nc1nc(C)c(C)s1. The largest absolute Gasteiger partial charge is 0.359 e. The van der Waals surface area contributed by atoms with Crippen molar-refractivity contribution in [2.45, 2.75) is 53.0 Å². The second-order valence-electron chi connectivity index (χ2n) is 3.85. The molecule has 0 aliphatic rings. The molecule has 1 atom stereocenters. The van der Waals surface area contributed by atoms with Crippen LogP contribution in [0.3, 0.4) is 0 Å². The van der Waals surface area contributed by atoms with Gasteiger partial charge in [-0.2, -0.15) is 0 Å². The minimum atomic E-state index is 0.542. The van der Waals surface area contributed by atoms with E-state index in [-0.39, 0.29) is 0 Å². The van der Waals surface area contributed by atoms with Gasteiger partial charge in [-0.25, -0.2) is 4.98 Å². The number of rotatable bonds is 5. The molecule has 0 aliphatic heterocycles. The van der Waals surface area contributed by atoms with Crippen molar-refractivity contribution in [1.29, 1.82) is 0 Å². The molecule has 1 aromatic rings. The Bertz CT molecular complexity index is 261. The van der Waals surface area contributed by atoms with E-state index >= 15 is 0 Å². The molecule has 0 radical (unpaired) electrons. The maximum Gasteiger partial charge on any atom is 0.183 e. The molecule has 3 heteroatoms. The summed E-state index contributed by atoms with van der Waals surface area (Å²) in [5.41, 5.74) is 1.15. The minimum Gasteiger partial charge on any atom is -0.359 e.